The maximum Gasteiger partial charge on any atom is 0.247 e. The fourth-order valence-electron chi connectivity index (χ4n) is 2.91. The van der Waals surface area contributed by atoms with Crippen molar-refractivity contribution in [3.63, 3.8) is 0 Å². The van der Waals surface area contributed by atoms with Gasteiger partial charge in [-0.05, 0) is 24.8 Å². The van der Waals surface area contributed by atoms with Crippen LogP contribution in [0.25, 0.3) is 0 Å². The Morgan fingerprint density at radius 2 is 2.17 bits per heavy atom. The highest BCUT2D eigenvalue weighted by atomic mass is 16.2. The molecular weight excluding hydrogens is 294 g/mol. The Kier molecular flexibility index (Phi) is 5.09. The first-order valence-corrected chi connectivity index (χ1v) is 8.00. The number of amides is 2. The Labute approximate surface area is 137 Å². The molecule has 0 bridgehead atoms. The van der Waals surface area contributed by atoms with Crippen LogP contribution < -0.4 is 5.73 Å². The molecule has 0 aromatic carbocycles. The summed E-state index contributed by atoms with van der Waals surface area (Å²) in [5.74, 6) is -0.163. The second-order valence-electron chi connectivity index (χ2n) is 7.06. The molecule has 7 heteroatoms. The SMILES string of the molecule is CC(C(=O)N(C)CC(=O)N1CCC(N)C(C)(C)C1)n1cccn1. The van der Waals surface area contributed by atoms with Crippen molar-refractivity contribution in [3.8, 4) is 0 Å². The van der Waals surface area contributed by atoms with Crippen molar-refractivity contribution in [2.45, 2.75) is 39.3 Å². The van der Waals surface area contributed by atoms with Crippen LogP contribution in [0.3, 0.4) is 0 Å². The van der Waals surface area contributed by atoms with Crippen LogP contribution >= 0.6 is 0 Å². The maximum atomic E-state index is 12.5. The normalized spacial score (nSPS) is 21.8. The van der Waals surface area contributed by atoms with Crippen LogP contribution in [0.4, 0.5) is 0 Å². The van der Waals surface area contributed by atoms with Gasteiger partial charge in [-0.25, -0.2) is 0 Å². The number of carbonyl (C=O) groups excluding carboxylic acids is 2. The van der Waals surface area contributed by atoms with E-state index < -0.39 is 6.04 Å². The molecule has 0 aliphatic carbocycles. The Morgan fingerprint density at radius 3 is 2.74 bits per heavy atom. The van der Waals surface area contributed by atoms with Crippen LogP contribution in [0.2, 0.25) is 0 Å². The Balaban J connectivity index is 1.93. The first-order chi connectivity index (χ1) is 10.7. The largest absolute Gasteiger partial charge is 0.341 e. The van der Waals surface area contributed by atoms with Gasteiger partial charge in [0.1, 0.15) is 6.04 Å². The number of hydrogen-bond acceptors (Lipinski definition) is 4. The highest BCUT2D eigenvalue weighted by Gasteiger charge is 2.35. The minimum absolute atomic E-state index is 0.0338. The zero-order valence-electron chi connectivity index (χ0n) is 14.4. The molecular formula is C16H27N5O2. The molecule has 2 atom stereocenters. The smallest absolute Gasteiger partial charge is 0.247 e. The summed E-state index contributed by atoms with van der Waals surface area (Å²) < 4.78 is 1.59. The lowest BCUT2D eigenvalue weighted by atomic mass is 9.79. The molecule has 0 saturated carbocycles. The van der Waals surface area contributed by atoms with E-state index >= 15 is 0 Å². The summed E-state index contributed by atoms with van der Waals surface area (Å²) in [5, 5.41) is 4.08. The lowest BCUT2D eigenvalue weighted by Crippen LogP contribution is -2.55. The van der Waals surface area contributed by atoms with Crippen molar-refractivity contribution in [2.24, 2.45) is 11.1 Å². The van der Waals surface area contributed by atoms with Gasteiger partial charge in [-0.1, -0.05) is 13.8 Å². The van der Waals surface area contributed by atoms with E-state index in [9.17, 15) is 9.59 Å². The van der Waals surface area contributed by atoms with E-state index in [-0.39, 0.29) is 29.8 Å². The van der Waals surface area contributed by atoms with Gasteiger partial charge in [0.2, 0.25) is 11.8 Å². The molecule has 0 radical (unpaired) electrons. The third-order valence-corrected chi connectivity index (χ3v) is 4.69. The van der Waals surface area contributed by atoms with Crippen LogP contribution in [-0.2, 0) is 9.59 Å². The molecule has 1 aliphatic heterocycles. The highest BCUT2D eigenvalue weighted by Crippen LogP contribution is 2.27. The van der Waals surface area contributed by atoms with Crippen molar-refractivity contribution >= 4 is 11.8 Å². The van der Waals surface area contributed by atoms with Gasteiger partial charge in [-0.2, -0.15) is 5.10 Å². The number of piperidine rings is 1. The van der Waals surface area contributed by atoms with Gasteiger partial charge in [-0.3, -0.25) is 14.3 Å². The third kappa shape index (κ3) is 3.90. The predicted octanol–water partition coefficient (Wildman–Crippen LogP) is 0.488. The second-order valence-corrected chi connectivity index (χ2v) is 7.06. The second kappa shape index (κ2) is 6.70. The quantitative estimate of drug-likeness (QED) is 0.874. The number of hydrogen-bond donors (Lipinski definition) is 1. The first kappa shape index (κ1) is 17.5. The van der Waals surface area contributed by atoms with Gasteiger partial charge >= 0.3 is 0 Å². The predicted molar refractivity (Wildman–Crippen MR) is 87.5 cm³/mol. The molecule has 0 spiro atoms. The summed E-state index contributed by atoms with van der Waals surface area (Å²) in [4.78, 5) is 28.2. The topological polar surface area (TPSA) is 84.5 Å². The fraction of sp³-hybridized carbons (Fsp3) is 0.688. The van der Waals surface area contributed by atoms with Crippen molar-refractivity contribution in [2.75, 3.05) is 26.7 Å². The number of nitrogens with zero attached hydrogens (tertiary/aromatic N) is 4. The molecule has 2 rings (SSSR count). The zero-order valence-corrected chi connectivity index (χ0v) is 14.4. The lowest BCUT2D eigenvalue weighted by molar-refractivity contribution is -0.143. The van der Waals surface area contributed by atoms with Crippen molar-refractivity contribution in [3.05, 3.63) is 18.5 Å². The molecule has 1 aliphatic rings. The van der Waals surface area contributed by atoms with Gasteiger partial charge in [0, 0.05) is 38.6 Å². The number of carbonyl (C=O) groups is 2. The van der Waals surface area contributed by atoms with Gasteiger partial charge in [0.05, 0.1) is 6.54 Å². The average Bonchev–Trinajstić information content (AvgIpc) is 3.02. The molecule has 1 aromatic heterocycles. The number of aromatic nitrogens is 2. The molecule has 2 amide bonds. The van der Waals surface area contributed by atoms with E-state index in [0.29, 0.717) is 13.1 Å². The summed E-state index contributed by atoms with van der Waals surface area (Å²) in [6, 6.07) is 1.45. The van der Waals surface area contributed by atoms with Crippen LogP contribution in [0.1, 0.15) is 33.2 Å². The van der Waals surface area contributed by atoms with Gasteiger partial charge in [0.25, 0.3) is 0 Å². The van der Waals surface area contributed by atoms with Crippen LogP contribution in [0.5, 0.6) is 0 Å². The fourth-order valence-corrected chi connectivity index (χ4v) is 2.91. The van der Waals surface area contributed by atoms with E-state index in [1.54, 1.807) is 37.1 Å². The summed E-state index contributed by atoms with van der Waals surface area (Å²) in [7, 11) is 1.65. The third-order valence-electron chi connectivity index (χ3n) is 4.69. The molecule has 2 N–H and O–H groups in total. The van der Waals surface area contributed by atoms with Gasteiger partial charge in [0.15, 0.2) is 0 Å². The van der Waals surface area contributed by atoms with Crippen molar-refractivity contribution in [1.29, 1.82) is 0 Å². The van der Waals surface area contributed by atoms with E-state index in [1.165, 1.54) is 4.90 Å². The number of likely N-dealkylation sites (N-methyl/N-ethyl adjacent to an activating group) is 1. The van der Waals surface area contributed by atoms with E-state index in [2.05, 4.69) is 18.9 Å². The monoisotopic (exact) mass is 321 g/mol. The van der Waals surface area contributed by atoms with E-state index in [1.807, 2.05) is 4.90 Å². The van der Waals surface area contributed by atoms with Gasteiger partial charge < -0.3 is 15.5 Å². The lowest BCUT2D eigenvalue weighted by Gasteiger charge is -2.43. The maximum absolute atomic E-state index is 12.5. The number of likely N-dealkylation sites (tertiary alicyclic amines) is 1. The average molecular weight is 321 g/mol. The van der Waals surface area contributed by atoms with Crippen LogP contribution in [0, 0.1) is 5.41 Å². The minimum Gasteiger partial charge on any atom is -0.341 e. The highest BCUT2D eigenvalue weighted by molar-refractivity contribution is 5.86. The molecule has 2 unspecified atom stereocenters. The molecule has 7 nitrogen and oxygen atoms in total. The molecule has 1 fully saturated rings. The first-order valence-electron chi connectivity index (χ1n) is 8.00. The van der Waals surface area contributed by atoms with Gasteiger partial charge in [-0.15, -0.1) is 0 Å². The van der Waals surface area contributed by atoms with Crippen molar-refractivity contribution in [1.82, 2.24) is 19.6 Å². The summed E-state index contributed by atoms with van der Waals surface area (Å²) >= 11 is 0. The number of rotatable bonds is 4. The molecule has 2 heterocycles. The van der Waals surface area contributed by atoms with E-state index in [4.69, 9.17) is 5.73 Å². The molecule has 128 valence electrons. The number of nitrogens with two attached hydrogens (primary N) is 1. The Morgan fingerprint density at radius 1 is 1.48 bits per heavy atom. The Hall–Kier alpha value is -1.89. The molecule has 1 saturated heterocycles. The summed E-state index contributed by atoms with van der Waals surface area (Å²) in [5.41, 5.74) is 6.01. The standard InChI is InChI=1S/C16H27N5O2/c1-12(21-8-5-7-18-21)15(23)19(4)10-14(22)20-9-6-13(17)16(2,3)11-20/h5,7-8,12-13H,6,9-11,17H2,1-4H3. The van der Waals surface area contributed by atoms with Crippen molar-refractivity contribution < 1.29 is 9.59 Å². The summed E-state index contributed by atoms with van der Waals surface area (Å²) in [6.07, 6.45) is 4.17. The van der Waals surface area contributed by atoms with E-state index in [0.717, 1.165) is 6.42 Å². The zero-order chi connectivity index (χ0) is 17.2. The molecule has 23 heavy (non-hydrogen) atoms. The van der Waals surface area contributed by atoms with Crippen LogP contribution in [-0.4, -0.2) is 64.1 Å². The molecule has 1 aromatic rings. The Bertz CT molecular complexity index is 555. The minimum atomic E-state index is -0.422. The summed E-state index contributed by atoms with van der Waals surface area (Å²) in [6.45, 7) is 7.29. The van der Waals surface area contributed by atoms with Crippen LogP contribution in [0.15, 0.2) is 18.5 Å².